The first-order valence-corrected chi connectivity index (χ1v) is 11.6. The van der Waals surface area contributed by atoms with E-state index in [1.165, 1.54) is 57.3 Å². The van der Waals surface area contributed by atoms with Crippen LogP contribution in [0.4, 0.5) is 0 Å². The Bertz CT molecular complexity index is 878. The van der Waals surface area contributed by atoms with Gasteiger partial charge in [0.15, 0.2) is 0 Å². The zero-order valence-electron chi connectivity index (χ0n) is 20.7. The van der Waals surface area contributed by atoms with Crippen LogP contribution in [0.5, 0.6) is 0 Å². The molecule has 0 saturated heterocycles. The molecule has 1 fully saturated rings. The average molecular weight is 407 g/mol. The summed E-state index contributed by atoms with van der Waals surface area (Å²) >= 11 is 0. The number of rotatable bonds is 6. The van der Waals surface area contributed by atoms with Crippen LogP contribution in [-0.2, 0) is 13.1 Å². The van der Waals surface area contributed by atoms with Crippen molar-refractivity contribution in [1.82, 2.24) is 10.6 Å². The van der Waals surface area contributed by atoms with Crippen molar-refractivity contribution in [2.75, 3.05) is 0 Å². The summed E-state index contributed by atoms with van der Waals surface area (Å²) in [5.41, 5.74) is 11.5. The molecule has 0 aromatic heterocycles. The zero-order valence-corrected chi connectivity index (χ0v) is 20.7. The molecule has 0 heterocycles. The molecule has 30 heavy (non-hydrogen) atoms. The highest BCUT2D eigenvalue weighted by molar-refractivity contribution is 5.38. The predicted molar refractivity (Wildman–Crippen MR) is 130 cm³/mol. The minimum atomic E-state index is 0.117. The molecule has 1 aliphatic carbocycles. The van der Waals surface area contributed by atoms with Gasteiger partial charge in [-0.25, -0.2) is 0 Å². The van der Waals surface area contributed by atoms with Gasteiger partial charge in [0.2, 0.25) is 0 Å². The lowest BCUT2D eigenvalue weighted by Gasteiger charge is -2.43. The standard InChI is InChI=1S/C28H42N2/c1-18-12-20(3)24(21(4)13-18)16-29-26-10-11-28(9,27(26,7)8)30-17-25-22(5)14-19(2)15-23(25)6/h12-15,26,29-30H,10-11,16-17H2,1-9H3/t26-,28-/m0/s1. The Morgan fingerprint density at radius 1 is 0.733 bits per heavy atom. The Morgan fingerprint density at radius 2 is 1.17 bits per heavy atom. The lowest BCUT2D eigenvalue weighted by Crippen LogP contribution is -2.55. The molecule has 0 spiro atoms. The number of hydrogen-bond acceptors (Lipinski definition) is 2. The third-order valence-electron chi connectivity index (χ3n) is 8.09. The minimum Gasteiger partial charge on any atom is -0.309 e. The molecule has 2 aromatic rings. The van der Waals surface area contributed by atoms with Gasteiger partial charge in [-0.15, -0.1) is 0 Å². The zero-order chi connectivity index (χ0) is 22.3. The maximum atomic E-state index is 3.98. The van der Waals surface area contributed by atoms with Crippen molar-refractivity contribution in [2.45, 2.75) is 99.8 Å². The first-order chi connectivity index (χ1) is 13.9. The highest BCUT2D eigenvalue weighted by atomic mass is 15.1. The topological polar surface area (TPSA) is 24.1 Å². The van der Waals surface area contributed by atoms with Gasteiger partial charge in [-0.1, -0.05) is 49.2 Å². The maximum absolute atomic E-state index is 3.98. The van der Waals surface area contributed by atoms with Crippen molar-refractivity contribution < 1.29 is 0 Å². The molecule has 0 unspecified atom stereocenters. The van der Waals surface area contributed by atoms with E-state index >= 15 is 0 Å². The van der Waals surface area contributed by atoms with Gasteiger partial charge in [-0.3, -0.25) is 0 Å². The van der Waals surface area contributed by atoms with E-state index < -0.39 is 0 Å². The summed E-state index contributed by atoms with van der Waals surface area (Å²) < 4.78 is 0. The summed E-state index contributed by atoms with van der Waals surface area (Å²) in [6.45, 7) is 22.6. The van der Waals surface area contributed by atoms with E-state index in [0.29, 0.717) is 6.04 Å². The highest BCUT2D eigenvalue weighted by Gasteiger charge is 2.51. The quantitative estimate of drug-likeness (QED) is 0.583. The molecule has 0 aliphatic heterocycles. The number of aryl methyl sites for hydroxylation is 6. The third-order valence-corrected chi connectivity index (χ3v) is 8.09. The Kier molecular flexibility index (Phi) is 6.51. The monoisotopic (exact) mass is 406 g/mol. The molecule has 2 heteroatoms. The van der Waals surface area contributed by atoms with E-state index in [4.69, 9.17) is 0 Å². The molecule has 164 valence electrons. The molecule has 2 aromatic carbocycles. The molecule has 1 aliphatic rings. The van der Waals surface area contributed by atoms with Crippen molar-refractivity contribution in [3.63, 3.8) is 0 Å². The van der Waals surface area contributed by atoms with Crippen LogP contribution in [0, 0.1) is 47.0 Å². The number of nitrogens with one attached hydrogen (secondary N) is 2. The van der Waals surface area contributed by atoms with Crippen molar-refractivity contribution in [1.29, 1.82) is 0 Å². The van der Waals surface area contributed by atoms with Gasteiger partial charge in [-0.05, 0) is 100 Å². The van der Waals surface area contributed by atoms with Crippen LogP contribution in [-0.4, -0.2) is 11.6 Å². The molecular weight excluding hydrogens is 364 g/mol. The fraction of sp³-hybridized carbons (Fsp3) is 0.571. The maximum Gasteiger partial charge on any atom is 0.0222 e. The number of hydrogen-bond donors (Lipinski definition) is 2. The van der Waals surface area contributed by atoms with Gasteiger partial charge in [0.1, 0.15) is 0 Å². The van der Waals surface area contributed by atoms with Gasteiger partial charge < -0.3 is 10.6 Å². The molecule has 2 nitrogen and oxygen atoms in total. The van der Waals surface area contributed by atoms with Gasteiger partial charge in [0, 0.05) is 24.7 Å². The van der Waals surface area contributed by atoms with E-state index in [2.05, 4.69) is 97.2 Å². The molecule has 0 radical (unpaired) electrons. The van der Waals surface area contributed by atoms with Crippen molar-refractivity contribution in [3.8, 4) is 0 Å². The molecule has 3 rings (SSSR count). The fourth-order valence-corrected chi connectivity index (χ4v) is 5.66. The highest BCUT2D eigenvalue weighted by Crippen LogP contribution is 2.46. The lowest BCUT2D eigenvalue weighted by molar-refractivity contribution is 0.142. The second-order valence-corrected chi connectivity index (χ2v) is 10.6. The Morgan fingerprint density at radius 3 is 1.63 bits per heavy atom. The molecule has 2 N–H and O–H groups in total. The summed E-state index contributed by atoms with van der Waals surface area (Å²) in [6.07, 6.45) is 2.42. The van der Waals surface area contributed by atoms with Crippen molar-refractivity contribution in [2.24, 2.45) is 5.41 Å². The molecule has 0 bridgehead atoms. The van der Waals surface area contributed by atoms with Gasteiger partial charge >= 0.3 is 0 Å². The van der Waals surface area contributed by atoms with E-state index in [9.17, 15) is 0 Å². The summed E-state index contributed by atoms with van der Waals surface area (Å²) in [4.78, 5) is 0. The van der Waals surface area contributed by atoms with E-state index in [0.717, 1.165) is 13.1 Å². The van der Waals surface area contributed by atoms with Crippen LogP contribution < -0.4 is 10.6 Å². The van der Waals surface area contributed by atoms with Crippen molar-refractivity contribution >= 4 is 0 Å². The first-order valence-electron chi connectivity index (χ1n) is 11.6. The van der Waals surface area contributed by atoms with E-state index in [1.54, 1.807) is 0 Å². The third kappa shape index (κ3) is 4.36. The smallest absolute Gasteiger partial charge is 0.0222 e. The van der Waals surface area contributed by atoms with Crippen molar-refractivity contribution in [3.05, 3.63) is 68.8 Å². The molecular formula is C28H42N2. The van der Waals surface area contributed by atoms with Crippen LogP contribution in [0.1, 0.15) is 78.1 Å². The molecule has 0 amide bonds. The normalized spacial score (nSPS) is 23.2. The lowest BCUT2D eigenvalue weighted by atomic mass is 9.73. The van der Waals surface area contributed by atoms with Crippen LogP contribution in [0.2, 0.25) is 0 Å². The Balaban J connectivity index is 1.70. The summed E-state index contributed by atoms with van der Waals surface area (Å²) in [6, 6.07) is 9.74. The average Bonchev–Trinajstić information content (AvgIpc) is 2.83. The minimum absolute atomic E-state index is 0.117. The van der Waals surface area contributed by atoms with Crippen LogP contribution >= 0.6 is 0 Å². The Labute approximate surface area is 184 Å². The van der Waals surface area contributed by atoms with E-state index in [1.807, 2.05) is 0 Å². The van der Waals surface area contributed by atoms with Crippen LogP contribution in [0.15, 0.2) is 24.3 Å². The van der Waals surface area contributed by atoms with E-state index in [-0.39, 0.29) is 11.0 Å². The summed E-state index contributed by atoms with van der Waals surface area (Å²) in [7, 11) is 0. The van der Waals surface area contributed by atoms with Gasteiger partial charge in [0.05, 0.1) is 0 Å². The summed E-state index contributed by atoms with van der Waals surface area (Å²) in [5.74, 6) is 0. The second kappa shape index (κ2) is 8.48. The van der Waals surface area contributed by atoms with Crippen LogP contribution in [0.3, 0.4) is 0 Å². The predicted octanol–water partition coefficient (Wildman–Crippen LogP) is 6.36. The Hall–Kier alpha value is -1.64. The largest absolute Gasteiger partial charge is 0.309 e. The van der Waals surface area contributed by atoms with Gasteiger partial charge in [0.25, 0.3) is 0 Å². The SMILES string of the molecule is Cc1cc(C)c(CN[C@H]2CC[C@](C)(NCc3c(C)cc(C)cc3C)C2(C)C)c(C)c1. The fourth-order valence-electron chi connectivity index (χ4n) is 5.66. The first kappa shape index (κ1) is 23.0. The molecule has 2 atom stereocenters. The second-order valence-electron chi connectivity index (χ2n) is 10.6. The summed E-state index contributed by atoms with van der Waals surface area (Å²) in [5, 5.41) is 7.92. The number of benzene rings is 2. The van der Waals surface area contributed by atoms with Gasteiger partial charge in [-0.2, -0.15) is 0 Å². The van der Waals surface area contributed by atoms with Crippen LogP contribution in [0.25, 0.3) is 0 Å². The molecule has 1 saturated carbocycles.